The third-order valence-corrected chi connectivity index (χ3v) is 4.05. The molecule has 0 fully saturated rings. The molecule has 0 bridgehead atoms. The molecule has 0 amide bonds. The molecule has 4 heteroatoms. The molecule has 0 spiro atoms. The predicted octanol–water partition coefficient (Wildman–Crippen LogP) is 1.91. The summed E-state index contributed by atoms with van der Waals surface area (Å²) in [5.41, 5.74) is 0. The van der Waals surface area contributed by atoms with Crippen LogP contribution in [0.3, 0.4) is 0 Å². The molecule has 0 unspecified atom stereocenters. The third kappa shape index (κ3) is 13.3. The summed E-state index contributed by atoms with van der Waals surface area (Å²) in [7, 11) is 2.97. The van der Waals surface area contributed by atoms with Gasteiger partial charge in [0.05, 0.1) is 0 Å². The summed E-state index contributed by atoms with van der Waals surface area (Å²) in [6.07, 6.45) is 5.54. The van der Waals surface area contributed by atoms with Crippen LogP contribution in [0.15, 0.2) is 84.9 Å². The summed E-state index contributed by atoms with van der Waals surface area (Å²) >= 11 is 0. The zero-order valence-electron chi connectivity index (χ0n) is 17.7. The van der Waals surface area contributed by atoms with Crippen LogP contribution >= 0.6 is 0 Å². The second-order valence-electron chi connectivity index (χ2n) is 6.02. The molecule has 29 heavy (non-hydrogen) atoms. The van der Waals surface area contributed by atoms with Gasteiger partial charge in [-0.15, -0.1) is 59.3 Å². The summed E-state index contributed by atoms with van der Waals surface area (Å²) in [5.74, 6) is 0. The fourth-order valence-electron chi connectivity index (χ4n) is 2.64. The fourth-order valence-corrected chi connectivity index (χ4v) is 2.64. The Morgan fingerprint density at radius 2 is 0.966 bits per heavy atom. The maximum Gasteiger partial charge on any atom is 4.00 e. The average Bonchev–Trinajstić information content (AvgIpc) is 3.38. The smallest absolute Gasteiger partial charge is 1.00 e. The van der Waals surface area contributed by atoms with Crippen molar-refractivity contribution in [2.24, 2.45) is 0 Å². The first-order chi connectivity index (χ1) is 12.8. The molecule has 0 atom stereocenters. The van der Waals surface area contributed by atoms with Crippen LogP contribution in [0.1, 0.15) is 39.5 Å². The van der Waals surface area contributed by atoms with Crippen molar-refractivity contribution < 1.29 is 51.0 Å². The van der Waals surface area contributed by atoms with Gasteiger partial charge in [-0.3, -0.25) is 0 Å². The fraction of sp³-hybridized carbons (Fsp3) is 0.280. The van der Waals surface area contributed by atoms with Crippen molar-refractivity contribution in [1.82, 2.24) is 0 Å². The first kappa shape index (κ1) is 33.0. The molecule has 4 rings (SSSR count). The van der Waals surface area contributed by atoms with Gasteiger partial charge in [0.1, 0.15) is 0 Å². The average molecular weight is 522 g/mol. The van der Waals surface area contributed by atoms with Crippen LogP contribution in [0.25, 0.3) is 21.5 Å². The Labute approximate surface area is 212 Å². The third-order valence-electron chi connectivity index (χ3n) is 4.05. The summed E-state index contributed by atoms with van der Waals surface area (Å²) in [5, 5.41) is 5.32. The number of hydrogen-bond donors (Lipinski definition) is 0. The Morgan fingerprint density at radius 3 is 1.28 bits per heavy atom. The maximum absolute atomic E-state index is 2.97. The zero-order chi connectivity index (χ0) is 19.0. The first-order valence-corrected chi connectivity index (χ1v) is 10.6. The van der Waals surface area contributed by atoms with E-state index < -0.39 is 0 Å². The molecule has 4 aromatic rings. The number of halogens is 2. The molecule has 0 heterocycles. The van der Waals surface area contributed by atoms with Crippen molar-refractivity contribution in [2.75, 3.05) is 0 Å². The topological polar surface area (TPSA) is 0 Å². The number of unbranched alkanes of at least 4 members (excludes halogenated alkanes) is 3. The summed E-state index contributed by atoms with van der Waals surface area (Å²) in [6.45, 7) is 6.27. The van der Waals surface area contributed by atoms with Crippen LogP contribution in [0.4, 0.5) is 0 Å². The summed E-state index contributed by atoms with van der Waals surface area (Å²) in [6, 6.07) is 29.3. The molecule has 0 aliphatic carbocycles. The van der Waals surface area contributed by atoms with Crippen LogP contribution < -0.4 is 24.8 Å². The number of hydrogen-bond acceptors (Lipinski definition) is 0. The minimum Gasteiger partial charge on any atom is -1.00 e. The van der Waals surface area contributed by atoms with Gasteiger partial charge in [0.15, 0.2) is 0 Å². The van der Waals surface area contributed by atoms with E-state index in [0.29, 0.717) is 0 Å². The molecule has 0 saturated heterocycles. The minimum atomic E-state index is 0. The van der Waals surface area contributed by atoms with Gasteiger partial charge < -0.3 is 24.8 Å². The van der Waals surface area contributed by atoms with E-state index in [1.165, 1.54) is 47.2 Å². The van der Waals surface area contributed by atoms with E-state index in [0.717, 1.165) is 0 Å². The van der Waals surface area contributed by atoms with Crippen LogP contribution in [0.5, 0.6) is 0 Å². The molecule has 153 valence electrons. The SMILES string of the molecule is CCCCCC.C[Si].[Cl-].[Cl-].[Zr+4].c1ccc2[cH-]ccc2c1.c1ccc2[cH-]ccc2c1. The van der Waals surface area contributed by atoms with Gasteiger partial charge in [-0.1, -0.05) is 58.2 Å². The van der Waals surface area contributed by atoms with Crippen molar-refractivity contribution in [3.05, 3.63) is 84.9 Å². The van der Waals surface area contributed by atoms with Gasteiger partial charge in [0, 0.05) is 10.2 Å². The van der Waals surface area contributed by atoms with E-state index >= 15 is 0 Å². The Kier molecular flexibility index (Phi) is 25.1. The quantitative estimate of drug-likeness (QED) is 0.220. The second-order valence-corrected chi connectivity index (χ2v) is 6.02. The summed E-state index contributed by atoms with van der Waals surface area (Å²) in [4.78, 5) is 0. The van der Waals surface area contributed by atoms with Gasteiger partial charge in [-0.25, -0.2) is 0 Å². The Balaban J connectivity index is -0.000000326. The molecule has 0 aliphatic rings. The molecule has 0 saturated carbocycles. The summed E-state index contributed by atoms with van der Waals surface area (Å²) < 4.78 is 0. The van der Waals surface area contributed by atoms with Crippen molar-refractivity contribution in [2.45, 2.75) is 46.1 Å². The van der Waals surface area contributed by atoms with Crippen molar-refractivity contribution in [3.63, 3.8) is 0 Å². The Hall–Kier alpha value is -0.660. The van der Waals surface area contributed by atoms with E-state index in [4.69, 9.17) is 0 Å². The standard InChI is InChI=1S/2C9H7.C6H14.CH3Si.2ClH.Zr/c2*1-2-5-9-7-3-6-8(9)4-1;1-3-5-6-4-2;1-2;;;/h2*1-7H;3-6H2,1-2H3;1H3;2*1H;/q2*-1;;;;;+4/p-2. The van der Waals surface area contributed by atoms with E-state index in [1.54, 1.807) is 6.55 Å². The van der Waals surface area contributed by atoms with Gasteiger partial charge >= 0.3 is 26.2 Å². The molecule has 0 nitrogen and oxygen atoms in total. The molecule has 4 aromatic carbocycles. The van der Waals surface area contributed by atoms with Crippen LogP contribution in [-0.2, 0) is 26.2 Å². The molecule has 0 aliphatic heterocycles. The number of rotatable bonds is 3. The van der Waals surface area contributed by atoms with Crippen molar-refractivity contribution in [3.8, 4) is 0 Å². The molecule has 0 aromatic heterocycles. The Morgan fingerprint density at radius 1 is 0.621 bits per heavy atom. The van der Waals surface area contributed by atoms with Gasteiger partial charge in [-0.05, 0) is 0 Å². The normalized spacial score (nSPS) is 8.41. The van der Waals surface area contributed by atoms with E-state index in [2.05, 4.69) is 109 Å². The van der Waals surface area contributed by atoms with Gasteiger partial charge in [-0.2, -0.15) is 35.0 Å². The van der Waals surface area contributed by atoms with Crippen molar-refractivity contribution in [1.29, 1.82) is 0 Å². The van der Waals surface area contributed by atoms with E-state index in [9.17, 15) is 0 Å². The van der Waals surface area contributed by atoms with Crippen LogP contribution in [0, 0.1) is 0 Å². The van der Waals surface area contributed by atoms with E-state index in [1.807, 2.05) is 0 Å². The molecule has 3 radical (unpaired) electrons. The second kappa shape index (κ2) is 22.0. The molecular formula is C25H31Cl2SiZr. The predicted molar refractivity (Wildman–Crippen MR) is 121 cm³/mol. The van der Waals surface area contributed by atoms with Crippen molar-refractivity contribution >= 4 is 31.8 Å². The van der Waals surface area contributed by atoms with E-state index in [-0.39, 0.29) is 51.0 Å². The maximum atomic E-state index is 2.97. The first-order valence-electron chi connectivity index (χ1n) is 9.56. The largest absolute Gasteiger partial charge is 4.00 e. The number of benzene rings is 2. The minimum absolute atomic E-state index is 0. The van der Waals surface area contributed by atoms with Gasteiger partial charge in [0.25, 0.3) is 0 Å². The van der Waals surface area contributed by atoms with Gasteiger partial charge in [0.2, 0.25) is 0 Å². The molecule has 0 N–H and O–H groups in total. The monoisotopic (exact) mass is 519 g/mol. The number of fused-ring (bicyclic) bond motifs is 2. The van der Waals surface area contributed by atoms with Crippen LogP contribution in [-0.4, -0.2) is 10.2 Å². The van der Waals surface area contributed by atoms with Crippen LogP contribution in [0.2, 0.25) is 6.55 Å². The Bertz CT molecular complexity index is 693. The molecular weight excluding hydrogens is 490 g/mol. The zero-order valence-corrected chi connectivity index (χ0v) is 22.6.